The van der Waals surface area contributed by atoms with Crippen molar-refractivity contribution >= 4 is 21.7 Å². The number of hydrogen-bond donors (Lipinski definition) is 2. The van der Waals surface area contributed by atoms with Crippen LogP contribution in [0, 0.1) is 0 Å². The third-order valence-electron chi connectivity index (χ3n) is 2.79. The summed E-state index contributed by atoms with van der Waals surface area (Å²) < 4.78 is 26.3. The van der Waals surface area contributed by atoms with Crippen molar-refractivity contribution in [3.63, 3.8) is 0 Å². The Bertz CT molecular complexity index is 594. The Morgan fingerprint density at radius 1 is 1.10 bits per heavy atom. The van der Waals surface area contributed by atoms with E-state index >= 15 is 0 Å². The van der Waals surface area contributed by atoms with E-state index in [1.54, 1.807) is 0 Å². The lowest BCUT2D eigenvalue weighted by Gasteiger charge is -2.07. The molecule has 0 spiro atoms. The summed E-state index contributed by atoms with van der Waals surface area (Å²) in [4.78, 5) is 22.6. The van der Waals surface area contributed by atoms with Crippen LogP contribution in [0.1, 0.15) is 37.0 Å². The van der Waals surface area contributed by atoms with E-state index in [1.807, 2.05) is 6.92 Å². The predicted octanol–water partition coefficient (Wildman–Crippen LogP) is 1.08. The molecule has 0 radical (unpaired) electrons. The van der Waals surface area contributed by atoms with Crippen molar-refractivity contribution in [1.29, 1.82) is 0 Å². The molecule has 1 amide bonds. The standard InChI is InChI=1S/C14H20N2O4S/c1-3-9-15-14(18)8-10-16-21(19,20)13-6-4-12(5-7-13)11(2)17/h4-7,16H,3,8-10H2,1-2H3,(H,15,18). The fourth-order valence-corrected chi connectivity index (χ4v) is 2.64. The van der Waals surface area contributed by atoms with Gasteiger partial charge in [-0.3, -0.25) is 9.59 Å². The van der Waals surface area contributed by atoms with Crippen LogP contribution in [0.3, 0.4) is 0 Å². The number of Topliss-reactive ketones (excluding diaryl/α,β-unsaturated/α-hetero) is 1. The fraction of sp³-hybridized carbons (Fsp3) is 0.429. The Kier molecular flexibility index (Phi) is 6.51. The molecular weight excluding hydrogens is 292 g/mol. The van der Waals surface area contributed by atoms with Crippen molar-refractivity contribution in [1.82, 2.24) is 10.0 Å². The SMILES string of the molecule is CCCNC(=O)CCNS(=O)(=O)c1ccc(C(C)=O)cc1. The number of ketones is 1. The third-order valence-corrected chi connectivity index (χ3v) is 4.26. The highest BCUT2D eigenvalue weighted by molar-refractivity contribution is 7.89. The number of carbonyl (C=O) groups excluding carboxylic acids is 2. The van der Waals surface area contributed by atoms with Gasteiger partial charge in [-0.15, -0.1) is 0 Å². The number of nitrogens with one attached hydrogen (secondary N) is 2. The fourth-order valence-electron chi connectivity index (χ4n) is 1.60. The quantitative estimate of drug-likeness (QED) is 0.703. The smallest absolute Gasteiger partial charge is 0.240 e. The highest BCUT2D eigenvalue weighted by Gasteiger charge is 2.14. The highest BCUT2D eigenvalue weighted by Crippen LogP contribution is 2.10. The molecule has 0 atom stereocenters. The maximum Gasteiger partial charge on any atom is 0.240 e. The summed E-state index contributed by atoms with van der Waals surface area (Å²) in [6.07, 6.45) is 0.921. The zero-order valence-electron chi connectivity index (χ0n) is 12.2. The number of sulfonamides is 1. The van der Waals surface area contributed by atoms with Crippen molar-refractivity contribution in [2.75, 3.05) is 13.1 Å². The number of rotatable bonds is 8. The van der Waals surface area contributed by atoms with E-state index in [9.17, 15) is 18.0 Å². The molecule has 1 aromatic rings. The maximum atomic E-state index is 12.0. The average molecular weight is 312 g/mol. The Hall–Kier alpha value is -1.73. The molecule has 0 saturated carbocycles. The summed E-state index contributed by atoms with van der Waals surface area (Å²) in [7, 11) is -3.66. The summed E-state index contributed by atoms with van der Waals surface area (Å²) >= 11 is 0. The minimum Gasteiger partial charge on any atom is -0.356 e. The van der Waals surface area contributed by atoms with Crippen LogP contribution in [0.15, 0.2) is 29.2 Å². The predicted molar refractivity (Wildman–Crippen MR) is 79.6 cm³/mol. The molecule has 7 heteroatoms. The zero-order chi connectivity index (χ0) is 15.9. The molecule has 0 aliphatic rings. The second-order valence-corrected chi connectivity index (χ2v) is 6.35. The van der Waals surface area contributed by atoms with Gasteiger partial charge in [0.25, 0.3) is 0 Å². The van der Waals surface area contributed by atoms with Crippen molar-refractivity contribution in [3.05, 3.63) is 29.8 Å². The number of carbonyl (C=O) groups is 2. The Morgan fingerprint density at radius 3 is 2.24 bits per heavy atom. The van der Waals surface area contributed by atoms with Gasteiger partial charge in [-0.1, -0.05) is 19.1 Å². The molecule has 21 heavy (non-hydrogen) atoms. The minimum absolute atomic E-state index is 0.0341. The highest BCUT2D eigenvalue weighted by atomic mass is 32.2. The monoisotopic (exact) mass is 312 g/mol. The van der Waals surface area contributed by atoms with Crippen LogP contribution >= 0.6 is 0 Å². The second kappa shape index (κ2) is 7.90. The Morgan fingerprint density at radius 2 is 1.71 bits per heavy atom. The van der Waals surface area contributed by atoms with E-state index in [2.05, 4.69) is 10.0 Å². The molecule has 6 nitrogen and oxygen atoms in total. The van der Waals surface area contributed by atoms with Gasteiger partial charge in [-0.2, -0.15) is 0 Å². The number of benzene rings is 1. The topological polar surface area (TPSA) is 92.3 Å². The van der Waals surface area contributed by atoms with E-state index in [0.29, 0.717) is 12.1 Å². The van der Waals surface area contributed by atoms with E-state index in [-0.39, 0.29) is 29.6 Å². The summed E-state index contributed by atoms with van der Waals surface area (Å²) in [5.41, 5.74) is 0.452. The molecule has 2 N–H and O–H groups in total. The summed E-state index contributed by atoms with van der Waals surface area (Å²) in [6, 6.07) is 5.67. The van der Waals surface area contributed by atoms with Crippen molar-refractivity contribution in [2.45, 2.75) is 31.6 Å². The van der Waals surface area contributed by atoms with E-state index in [4.69, 9.17) is 0 Å². The van der Waals surface area contributed by atoms with Gasteiger partial charge in [0.2, 0.25) is 15.9 Å². The zero-order valence-corrected chi connectivity index (χ0v) is 13.0. The van der Waals surface area contributed by atoms with Gasteiger partial charge in [-0.05, 0) is 25.5 Å². The van der Waals surface area contributed by atoms with Crippen LogP contribution in [0.4, 0.5) is 0 Å². The molecular formula is C14H20N2O4S. The molecule has 1 aromatic carbocycles. The van der Waals surface area contributed by atoms with Gasteiger partial charge in [-0.25, -0.2) is 13.1 Å². The lowest BCUT2D eigenvalue weighted by molar-refractivity contribution is -0.120. The first kappa shape index (κ1) is 17.3. The van der Waals surface area contributed by atoms with E-state index in [0.717, 1.165) is 6.42 Å². The Labute approximate surface area is 125 Å². The molecule has 0 heterocycles. The van der Waals surface area contributed by atoms with Crippen molar-refractivity contribution < 1.29 is 18.0 Å². The van der Waals surface area contributed by atoms with Crippen LogP contribution in [-0.4, -0.2) is 33.2 Å². The van der Waals surface area contributed by atoms with Crippen LogP contribution in [0.5, 0.6) is 0 Å². The summed E-state index contributed by atoms with van der Waals surface area (Å²) in [6.45, 7) is 3.97. The van der Waals surface area contributed by atoms with Gasteiger partial charge in [0.1, 0.15) is 0 Å². The molecule has 0 saturated heterocycles. The first-order valence-electron chi connectivity index (χ1n) is 6.74. The van der Waals surface area contributed by atoms with E-state index in [1.165, 1.54) is 31.2 Å². The molecule has 0 fully saturated rings. The van der Waals surface area contributed by atoms with Crippen LogP contribution in [0.2, 0.25) is 0 Å². The van der Waals surface area contributed by atoms with Crippen LogP contribution in [0.25, 0.3) is 0 Å². The van der Waals surface area contributed by atoms with Crippen LogP contribution in [-0.2, 0) is 14.8 Å². The minimum atomic E-state index is -3.66. The summed E-state index contributed by atoms with van der Waals surface area (Å²) in [5.74, 6) is -0.314. The molecule has 116 valence electrons. The second-order valence-electron chi connectivity index (χ2n) is 4.58. The first-order chi connectivity index (χ1) is 9.86. The average Bonchev–Trinajstić information content (AvgIpc) is 2.45. The lowest BCUT2D eigenvalue weighted by atomic mass is 10.2. The molecule has 0 aliphatic carbocycles. The normalized spacial score (nSPS) is 11.1. The van der Waals surface area contributed by atoms with Crippen LogP contribution < -0.4 is 10.0 Å². The Balaban J connectivity index is 2.57. The third kappa shape index (κ3) is 5.65. The van der Waals surface area contributed by atoms with Crippen molar-refractivity contribution in [2.24, 2.45) is 0 Å². The largest absolute Gasteiger partial charge is 0.356 e. The van der Waals surface area contributed by atoms with Crippen molar-refractivity contribution in [3.8, 4) is 0 Å². The van der Waals surface area contributed by atoms with Gasteiger partial charge in [0.05, 0.1) is 4.90 Å². The summed E-state index contributed by atoms with van der Waals surface area (Å²) in [5, 5.41) is 2.67. The molecule has 0 bridgehead atoms. The molecule has 1 rings (SSSR count). The molecule has 0 aromatic heterocycles. The van der Waals surface area contributed by atoms with E-state index < -0.39 is 10.0 Å². The van der Waals surface area contributed by atoms with Gasteiger partial charge >= 0.3 is 0 Å². The lowest BCUT2D eigenvalue weighted by Crippen LogP contribution is -2.31. The van der Waals surface area contributed by atoms with Gasteiger partial charge in [0, 0.05) is 25.1 Å². The van der Waals surface area contributed by atoms with Gasteiger partial charge < -0.3 is 5.32 Å². The van der Waals surface area contributed by atoms with Gasteiger partial charge in [0.15, 0.2) is 5.78 Å². The molecule has 0 unspecified atom stereocenters. The number of amides is 1. The first-order valence-corrected chi connectivity index (χ1v) is 8.22. The molecule has 0 aliphatic heterocycles. The maximum absolute atomic E-state index is 12.0. The number of hydrogen-bond acceptors (Lipinski definition) is 4.